The van der Waals surface area contributed by atoms with Crippen molar-refractivity contribution in [1.29, 1.82) is 0 Å². The summed E-state index contributed by atoms with van der Waals surface area (Å²) in [5.74, 6) is -0.00608. The minimum absolute atomic E-state index is 0.00608. The second kappa shape index (κ2) is 4.44. The van der Waals surface area contributed by atoms with Crippen LogP contribution in [0.5, 0.6) is 0 Å². The highest BCUT2D eigenvalue weighted by molar-refractivity contribution is 6.04. The maximum atomic E-state index is 12.1. The Kier molecular flexibility index (Phi) is 2.78. The second-order valence-corrected chi connectivity index (χ2v) is 4.86. The quantitative estimate of drug-likeness (QED) is 0.759. The Morgan fingerprint density at radius 1 is 1.17 bits per heavy atom. The highest BCUT2D eigenvalue weighted by Crippen LogP contribution is 2.27. The van der Waals surface area contributed by atoms with E-state index in [0.29, 0.717) is 6.54 Å². The average Bonchev–Trinajstić information content (AvgIpc) is 2.95. The predicted molar refractivity (Wildman–Crippen MR) is 67.0 cm³/mol. The van der Waals surface area contributed by atoms with Gasteiger partial charge in [0.05, 0.1) is 0 Å². The summed E-state index contributed by atoms with van der Waals surface area (Å²) in [4.78, 5) is 27.3. The van der Waals surface area contributed by atoms with E-state index in [0.717, 1.165) is 31.4 Å². The molecule has 4 heteroatoms. The minimum atomic E-state index is -0.173. The molecule has 2 heterocycles. The van der Waals surface area contributed by atoms with Crippen LogP contribution in [0, 0.1) is 0 Å². The number of hydrogen-bond donors (Lipinski definition) is 0. The summed E-state index contributed by atoms with van der Waals surface area (Å²) in [6.45, 7) is 1.23. The third-order valence-electron chi connectivity index (χ3n) is 3.75. The van der Waals surface area contributed by atoms with Crippen molar-refractivity contribution in [2.24, 2.45) is 0 Å². The Hall–Kier alpha value is -1.84. The largest absolute Gasteiger partial charge is 0.327 e. The molecule has 0 bridgehead atoms. The number of hydrogen-bond acceptors (Lipinski definition) is 2. The zero-order valence-corrected chi connectivity index (χ0v) is 10.2. The third kappa shape index (κ3) is 1.78. The number of carbonyl (C=O) groups excluding carboxylic acids is 2. The van der Waals surface area contributed by atoms with Crippen LogP contribution in [0.25, 0.3) is 0 Å². The van der Waals surface area contributed by atoms with Crippen molar-refractivity contribution in [1.82, 2.24) is 9.80 Å². The maximum Gasteiger partial charge on any atom is 0.327 e. The van der Waals surface area contributed by atoms with Crippen LogP contribution in [0.3, 0.4) is 0 Å². The van der Waals surface area contributed by atoms with E-state index >= 15 is 0 Å². The lowest BCUT2D eigenvalue weighted by molar-refractivity contribution is -0.127. The zero-order valence-electron chi connectivity index (χ0n) is 10.2. The van der Waals surface area contributed by atoms with E-state index in [2.05, 4.69) is 0 Å². The average molecular weight is 244 g/mol. The molecule has 0 spiro atoms. The number of carbonyl (C=O) groups is 2. The molecule has 4 nitrogen and oxygen atoms in total. The first-order valence-corrected chi connectivity index (χ1v) is 6.43. The lowest BCUT2D eigenvalue weighted by atomic mass is 10.1. The molecule has 2 saturated heterocycles. The van der Waals surface area contributed by atoms with Crippen LogP contribution >= 0.6 is 0 Å². The molecule has 0 aromatic heterocycles. The van der Waals surface area contributed by atoms with Gasteiger partial charge in [-0.15, -0.1) is 0 Å². The Morgan fingerprint density at radius 3 is 2.67 bits per heavy atom. The molecule has 0 radical (unpaired) electrons. The van der Waals surface area contributed by atoms with Gasteiger partial charge in [-0.2, -0.15) is 0 Å². The van der Waals surface area contributed by atoms with Crippen molar-refractivity contribution in [3.8, 4) is 0 Å². The molecule has 0 aliphatic carbocycles. The van der Waals surface area contributed by atoms with Crippen LogP contribution < -0.4 is 0 Å². The van der Waals surface area contributed by atoms with Crippen LogP contribution in [0.1, 0.15) is 18.4 Å². The van der Waals surface area contributed by atoms with Gasteiger partial charge in [-0.3, -0.25) is 9.69 Å². The zero-order chi connectivity index (χ0) is 12.5. The minimum Gasteiger partial charge on any atom is -0.312 e. The molecule has 3 rings (SSSR count). The molecular weight excluding hydrogens is 228 g/mol. The van der Waals surface area contributed by atoms with Gasteiger partial charge in [-0.1, -0.05) is 30.3 Å². The summed E-state index contributed by atoms with van der Waals surface area (Å²) in [6.07, 6.45) is 2.51. The fourth-order valence-electron chi connectivity index (χ4n) is 2.77. The van der Waals surface area contributed by atoms with Crippen LogP contribution in [0.15, 0.2) is 30.3 Å². The molecule has 0 saturated carbocycles. The Bertz CT molecular complexity index is 450. The van der Waals surface area contributed by atoms with E-state index < -0.39 is 0 Å². The first-order valence-electron chi connectivity index (χ1n) is 6.43. The molecule has 3 amide bonds. The second-order valence-electron chi connectivity index (χ2n) is 4.86. The number of imide groups is 1. The molecule has 1 aromatic rings. The number of fused-ring (bicyclic) bond motifs is 1. The molecule has 0 N–H and O–H groups in total. The van der Waals surface area contributed by atoms with Crippen molar-refractivity contribution in [3.05, 3.63) is 35.9 Å². The monoisotopic (exact) mass is 244 g/mol. The van der Waals surface area contributed by atoms with Gasteiger partial charge in [0.15, 0.2) is 0 Å². The highest BCUT2D eigenvalue weighted by atomic mass is 16.2. The summed E-state index contributed by atoms with van der Waals surface area (Å²) < 4.78 is 0. The molecule has 1 atom stereocenters. The van der Waals surface area contributed by atoms with Crippen molar-refractivity contribution >= 4 is 11.9 Å². The van der Waals surface area contributed by atoms with Crippen LogP contribution in [-0.4, -0.2) is 40.9 Å². The van der Waals surface area contributed by atoms with E-state index in [1.165, 1.54) is 4.90 Å². The van der Waals surface area contributed by atoms with E-state index in [1.54, 1.807) is 4.90 Å². The molecule has 2 aliphatic rings. The van der Waals surface area contributed by atoms with Crippen molar-refractivity contribution < 1.29 is 9.59 Å². The summed E-state index contributed by atoms with van der Waals surface area (Å²) in [5.41, 5.74) is 1.16. The van der Waals surface area contributed by atoms with Crippen molar-refractivity contribution in [2.75, 3.05) is 13.1 Å². The van der Waals surface area contributed by atoms with Gasteiger partial charge in [-0.05, 0) is 24.8 Å². The van der Waals surface area contributed by atoms with Gasteiger partial charge in [-0.25, -0.2) is 4.79 Å². The number of benzene rings is 1. The van der Waals surface area contributed by atoms with E-state index in [9.17, 15) is 9.59 Å². The normalized spacial score (nSPS) is 22.8. The Labute approximate surface area is 106 Å². The number of nitrogens with zero attached hydrogens (tertiary/aromatic N) is 2. The smallest absolute Gasteiger partial charge is 0.312 e. The van der Waals surface area contributed by atoms with Gasteiger partial charge in [0, 0.05) is 13.1 Å². The number of urea groups is 1. The fraction of sp³-hybridized carbons (Fsp3) is 0.429. The highest BCUT2D eigenvalue weighted by Gasteiger charge is 2.46. The fourth-order valence-corrected chi connectivity index (χ4v) is 2.77. The topological polar surface area (TPSA) is 40.6 Å². The Balaban J connectivity index is 1.67. The van der Waals surface area contributed by atoms with Gasteiger partial charge >= 0.3 is 6.03 Å². The van der Waals surface area contributed by atoms with Crippen LogP contribution in [-0.2, 0) is 11.2 Å². The first-order chi connectivity index (χ1) is 8.77. The van der Waals surface area contributed by atoms with Crippen molar-refractivity contribution in [3.63, 3.8) is 0 Å². The van der Waals surface area contributed by atoms with Gasteiger partial charge in [0.25, 0.3) is 5.91 Å². The predicted octanol–water partition coefficient (Wildman–Crippen LogP) is 1.66. The molecule has 0 unspecified atom stereocenters. The SMILES string of the molecule is O=C1[C@@H]2CCCN2C(=O)N1CCc1ccccc1. The van der Waals surface area contributed by atoms with E-state index in [1.807, 2.05) is 30.3 Å². The lowest BCUT2D eigenvalue weighted by Gasteiger charge is -2.15. The molecule has 2 aliphatic heterocycles. The molecule has 2 fully saturated rings. The summed E-state index contributed by atoms with van der Waals surface area (Å²) in [6, 6.07) is 9.68. The van der Waals surface area contributed by atoms with Crippen LogP contribution in [0.4, 0.5) is 4.79 Å². The van der Waals surface area contributed by atoms with Gasteiger partial charge < -0.3 is 4.90 Å². The number of rotatable bonds is 3. The molecule has 94 valence electrons. The number of amides is 3. The third-order valence-corrected chi connectivity index (χ3v) is 3.75. The lowest BCUT2D eigenvalue weighted by Crippen LogP contribution is -2.34. The molecule has 1 aromatic carbocycles. The first kappa shape index (κ1) is 11.3. The standard InChI is InChI=1S/C14H16N2O2/c17-13-12-7-4-9-15(12)14(18)16(13)10-8-11-5-2-1-3-6-11/h1-3,5-6,12H,4,7-10H2/t12-/m0/s1. The molecule has 18 heavy (non-hydrogen) atoms. The van der Waals surface area contributed by atoms with Gasteiger partial charge in [0.1, 0.15) is 6.04 Å². The van der Waals surface area contributed by atoms with E-state index in [4.69, 9.17) is 0 Å². The summed E-state index contributed by atoms with van der Waals surface area (Å²) in [5, 5.41) is 0. The van der Waals surface area contributed by atoms with E-state index in [-0.39, 0.29) is 18.0 Å². The summed E-state index contributed by atoms with van der Waals surface area (Å²) in [7, 11) is 0. The summed E-state index contributed by atoms with van der Waals surface area (Å²) >= 11 is 0. The maximum absolute atomic E-state index is 12.1. The Morgan fingerprint density at radius 2 is 1.94 bits per heavy atom. The van der Waals surface area contributed by atoms with Crippen molar-refractivity contribution in [2.45, 2.75) is 25.3 Å². The van der Waals surface area contributed by atoms with Crippen LogP contribution in [0.2, 0.25) is 0 Å². The molecular formula is C14H16N2O2. The van der Waals surface area contributed by atoms with Gasteiger partial charge in [0.2, 0.25) is 0 Å².